The highest BCUT2D eigenvalue weighted by atomic mass is 32.1. The summed E-state index contributed by atoms with van der Waals surface area (Å²) in [5, 5.41) is 4.88. The first-order chi connectivity index (χ1) is 10.2. The first-order valence-electron chi connectivity index (χ1n) is 8.44. The summed E-state index contributed by atoms with van der Waals surface area (Å²) in [4.78, 5) is 11.5. The van der Waals surface area contributed by atoms with Crippen molar-refractivity contribution in [3.63, 3.8) is 0 Å². The molecule has 2 atom stereocenters. The third-order valence-corrected chi connectivity index (χ3v) is 6.10. The Morgan fingerprint density at radius 2 is 2.19 bits per heavy atom. The summed E-state index contributed by atoms with van der Waals surface area (Å²) in [6, 6.07) is 1.17. The first-order valence-corrected chi connectivity index (χ1v) is 9.26. The van der Waals surface area contributed by atoms with E-state index in [-0.39, 0.29) is 0 Å². The molecule has 1 aromatic heterocycles. The van der Waals surface area contributed by atoms with Gasteiger partial charge in [-0.15, -0.1) is 0 Å². The van der Waals surface area contributed by atoms with E-state index in [9.17, 15) is 0 Å². The van der Waals surface area contributed by atoms with Crippen molar-refractivity contribution in [3.05, 3.63) is 10.6 Å². The highest BCUT2D eigenvalue weighted by Gasteiger charge is 2.28. The smallest absolute Gasteiger partial charge is 0.185 e. The molecule has 1 aliphatic carbocycles. The predicted molar refractivity (Wildman–Crippen MR) is 90.4 cm³/mol. The number of rotatable bonds is 4. The van der Waals surface area contributed by atoms with Crippen LogP contribution >= 0.6 is 11.3 Å². The first kappa shape index (κ1) is 15.3. The van der Waals surface area contributed by atoms with Crippen LogP contribution in [0.5, 0.6) is 0 Å². The van der Waals surface area contributed by atoms with Crippen LogP contribution in [-0.4, -0.2) is 48.6 Å². The number of fused-ring (bicyclic) bond motifs is 1. The third-order valence-electron chi connectivity index (χ3n) is 4.83. The number of aryl methyl sites for hydroxylation is 1. The van der Waals surface area contributed by atoms with Crippen LogP contribution in [0, 0.1) is 0 Å². The molecule has 0 amide bonds. The fourth-order valence-electron chi connectivity index (χ4n) is 3.62. The number of hydrogen-bond donors (Lipinski definition) is 1. The van der Waals surface area contributed by atoms with Gasteiger partial charge in [0, 0.05) is 36.6 Å². The molecule has 0 spiro atoms. The second-order valence-corrected chi connectivity index (χ2v) is 7.24. The number of anilines is 1. The lowest BCUT2D eigenvalue weighted by Crippen LogP contribution is -2.51. The van der Waals surface area contributed by atoms with Crippen molar-refractivity contribution in [2.24, 2.45) is 0 Å². The lowest BCUT2D eigenvalue weighted by Gasteiger charge is -2.39. The van der Waals surface area contributed by atoms with Crippen molar-refractivity contribution in [2.45, 2.75) is 52.1 Å². The molecule has 0 radical (unpaired) electrons. The second kappa shape index (κ2) is 6.63. The normalized spacial score (nSPS) is 26.9. The summed E-state index contributed by atoms with van der Waals surface area (Å²) in [6.45, 7) is 12.4. The van der Waals surface area contributed by atoms with Gasteiger partial charge in [-0.2, -0.15) is 0 Å². The molecule has 0 aromatic carbocycles. The van der Waals surface area contributed by atoms with E-state index in [0.29, 0.717) is 12.1 Å². The molecule has 1 fully saturated rings. The Balaban J connectivity index is 1.75. The van der Waals surface area contributed by atoms with Crippen molar-refractivity contribution in [1.29, 1.82) is 0 Å². The SMILES string of the molecule is CCNC1CCCc2nc(N3CCN(CC)C(C)C3)sc21. The maximum absolute atomic E-state index is 4.98. The monoisotopic (exact) mass is 308 g/mol. The van der Waals surface area contributed by atoms with Crippen LogP contribution in [0.4, 0.5) is 5.13 Å². The molecule has 4 nitrogen and oxygen atoms in total. The second-order valence-electron chi connectivity index (χ2n) is 6.23. The molecule has 1 aliphatic heterocycles. The van der Waals surface area contributed by atoms with Crippen molar-refractivity contribution >= 4 is 16.5 Å². The summed E-state index contributed by atoms with van der Waals surface area (Å²) in [5.41, 5.74) is 1.36. The van der Waals surface area contributed by atoms with Gasteiger partial charge < -0.3 is 10.2 Å². The number of likely N-dealkylation sites (N-methyl/N-ethyl adjacent to an activating group) is 1. The summed E-state index contributed by atoms with van der Waals surface area (Å²) in [6.07, 6.45) is 3.70. The van der Waals surface area contributed by atoms with Gasteiger partial charge in [0.05, 0.1) is 5.69 Å². The van der Waals surface area contributed by atoms with Crippen LogP contribution < -0.4 is 10.2 Å². The van der Waals surface area contributed by atoms with Crippen LogP contribution in [0.1, 0.15) is 50.2 Å². The number of nitrogens with one attached hydrogen (secondary N) is 1. The largest absolute Gasteiger partial charge is 0.345 e. The van der Waals surface area contributed by atoms with Crippen molar-refractivity contribution < 1.29 is 0 Å². The van der Waals surface area contributed by atoms with Gasteiger partial charge in [0.15, 0.2) is 5.13 Å². The predicted octanol–water partition coefficient (Wildman–Crippen LogP) is 2.66. The molecule has 0 saturated carbocycles. The number of thiazole rings is 1. The van der Waals surface area contributed by atoms with E-state index < -0.39 is 0 Å². The molecule has 1 N–H and O–H groups in total. The zero-order valence-corrected chi connectivity index (χ0v) is 14.4. The maximum atomic E-state index is 4.98. The van der Waals surface area contributed by atoms with E-state index >= 15 is 0 Å². The number of hydrogen-bond acceptors (Lipinski definition) is 5. The van der Waals surface area contributed by atoms with Crippen LogP contribution in [0.3, 0.4) is 0 Å². The molecule has 2 unspecified atom stereocenters. The Hall–Kier alpha value is -0.650. The topological polar surface area (TPSA) is 31.4 Å². The van der Waals surface area contributed by atoms with Crippen molar-refractivity contribution in [1.82, 2.24) is 15.2 Å². The molecular formula is C16H28N4S. The molecule has 2 heterocycles. The van der Waals surface area contributed by atoms with Gasteiger partial charge in [-0.3, -0.25) is 4.90 Å². The van der Waals surface area contributed by atoms with Gasteiger partial charge in [0.2, 0.25) is 0 Å². The van der Waals surface area contributed by atoms with Crippen LogP contribution in [0.15, 0.2) is 0 Å². The molecule has 2 aliphatic rings. The van der Waals surface area contributed by atoms with E-state index in [1.165, 1.54) is 35.1 Å². The Kier molecular flexibility index (Phi) is 4.82. The lowest BCUT2D eigenvalue weighted by atomic mass is 9.98. The van der Waals surface area contributed by atoms with Gasteiger partial charge in [0.1, 0.15) is 0 Å². The summed E-state index contributed by atoms with van der Waals surface area (Å²) in [7, 11) is 0. The van der Waals surface area contributed by atoms with Gasteiger partial charge in [0.25, 0.3) is 0 Å². The maximum Gasteiger partial charge on any atom is 0.185 e. The van der Waals surface area contributed by atoms with Crippen LogP contribution in [0.25, 0.3) is 0 Å². The molecule has 1 saturated heterocycles. The van der Waals surface area contributed by atoms with Crippen LogP contribution in [-0.2, 0) is 6.42 Å². The number of aromatic nitrogens is 1. The van der Waals surface area contributed by atoms with E-state index in [1.807, 2.05) is 11.3 Å². The summed E-state index contributed by atoms with van der Waals surface area (Å²) in [5.74, 6) is 0. The lowest BCUT2D eigenvalue weighted by molar-refractivity contribution is 0.199. The van der Waals surface area contributed by atoms with Gasteiger partial charge in [-0.05, 0) is 39.3 Å². The summed E-state index contributed by atoms with van der Waals surface area (Å²) >= 11 is 1.93. The van der Waals surface area contributed by atoms with E-state index in [0.717, 1.165) is 32.6 Å². The number of nitrogens with zero attached hydrogens (tertiary/aromatic N) is 3. The zero-order valence-electron chi connectivity index (χ0n) is 13.6. The van der Waals surface area contributed by atoms with Crippen LogP contribution in [0.2, 0.25) is 0 Å². The fourth-order valence-corrected chi connectivity index (χ4v) is 4.88. The minimum Gasteiger partial charge on any atom is -0.345 e. The minimum absolute atomic E-state index is 0.541. The Labute approximate surface area is 132 Å². The van der Waals surface area contributed by atoms with E-state index in [1.54, 1.807) is 0 Å². The Morgan fingerprint density at radius 3 is 2.90 bits per heavy atom. The average Bonchev–Trinajstić information content (AvgIpc) is 2.92. The summed E-state index contributed by atoms with van der Waals surface area (Å²) < 4.78 is 0. The van der Waals surface area contributed by atoms with Gasteiger partial charge in [-0.1, -0.05) is 25.2 Å². The molecular weight excluding hydrogens is 280 g/mol. The van der Waals surface area contributed by atoms with E-state index in [2.05, 4.69) is 35.9 Å². The molecule has 0 bridgehead atoms. The minimum atomic E-state index is 0.541. The van der Waals surface area contributed by atoms with Crippen molar-refractivity contribution in [3.8, 4) is 0 Å². The zero-order chi connectivity index (χ0) is 14.8. The third kappa shape index (κ3) is 3.10. The van der Waals surface area contributed by atoms with Gasteiger partial charge >= 0.3 is 0 Å². The molecule has 21 heavy (non-hydrogen) atoms. The Bertz CT molecular complexity index is 473. The van der Waals surface area contributed by atoms with Gasteiger partial charge in [-0.25, -0.2) is 4.98 Å². The highest BCUT2D eigenvalue weighted by Crippen LogP contribution is 2.38. The standard InChI is InChI=1S/C16H28N4S/c1-4-17-13-7-6-8-14-15(13)21-16(18-14)20-10-9-19(5-2)12(3)11-20/h12-13,17H,4-11H2,1-3H3. The number of piperazine rings is 1. The quantitative estimate of drug-likeness (QED) is 0.926. The Morgan fingerprint density at radius 1 is 1.33 bits per heavy atom. The van der Waals surface area contributed by atoms with E-state index in [4.69, 9.17) is 4.98 Å². The molecule has 3 rings (SSSR count). The van der Waals surface area contributed by atoms with Crippen molar-refractivity contribution in [2.75, 3.05) is 37.6 Å². The highest BCUT2D eigenvalue weighted by molar-refractivity contribution is 7.15. The molecule has 1 aromatic rings. The molecule has 118 valence electrons. The average molecular weight is 308 g/mol. The molecule has 5 heteroatoms. The fraction of sp³-hybridized carbons (Fsp3) is 0.812.